The van der Waals surface area contributed by atoms with Crippen LogP contribution < -0.4 is 0 Å². The van der Waals surface area contributed by atoms with Gasteiger partial charge in [0.25, 0.3) is 10.1 Å². The second-order valence-electron chi connectivity index (χ2n) is 11.4. The zero-order valence-electron chi connectivity index (χ0n) is 22.0. The van der Waals surface area contributed by atoms with Gasteiger partial charge in [0.1, 0.15) is 6.10 Å². The zero-order chi connectivity index (χ0) is 25.9. The van der Waals surface area contributed by atoms with Crippen molar-refractivity contribution in [3.8, 4) is 0 Å². The van der Waals surface area contributed by atoms with Gasteiger partial charge in [-0.25, -0.2) is 0 Å². The highest BCUT2D eigenvalue weighted by Crippen LogP contribution is 2.43. The summed E-state index contributed by atoms with van der Waals surface area (Å²) >= 11 is 2.28. The van der Waals surface area contributed by atoms with Crippen LogP contribution in [0.4, 0.5) is 0 Å². The molecule has 0 aromatic heterocycles. The molecule has 7 heteroatoms. The topological polar surface area (TPSA) is 52.6 Å². The van der Waals surface area contributed by atoms with Crippen molar-refractivity contribution in [3.63, 3.8) is 0 Å². The Balaban J connectivity index is 1.98. The molecule has 0 N–H and O–H groups in total. The van der Waals surface area contributed by atoms with Gasteiger partial charge < -0.3 is 4.43 Å². The Morgan fingerprint density at radius 1 is 1.00 bits per heavy atom. The maximum Gasteiger partial charge on any atom is 0.297 e. The van der Waals surface area contributed by atoms with Gasteiger partial charge in [-0.15, -0.1) is 0 Å². The van der Waals surface area contributed by atoms with E-state index in [1.165, 1.54) is 19.3 Å². The first-order chi connectivity index (χ1) is 16.3. The van der Waals surface area contributed by atoms with Gasteiger partial charge in [0, 0.05) is 9.99 Å². The highest BCUT2D eigenvalue weighted by Gasteiger charge is 2.42. The summed E-state index contributed by atoms with van der Waals surface area (Å²) in [5.41, 5.74) is 1.92. The molecule has 194 valence electrons. The first kappa shape index (κ1) is 28.8. The van der Waals surface area contributed by atoms with Crippen molar-refractivity contribution in [1.29, 1.82) is 0 Å². The Morgan fingerprint density at radius 3 is 2.17 bits per heavy atom. The third-order valence-corrected chi connectivity index (χ3v) is 14.5. The molecule has 1 saturated carbocycles. The van der Waals surface area contributed by atoms with Gasteiger partial charge in [-0.2, -0.15) is 8.42 Å². The van der Waals surface area contributed by atoms with Gasteiger partial charge in [0.05, 0.1) is 11.0 Å². The Hall–Kier alpha value is -0.743. The van der Waals surface area contributed by atoms with Gasteiger partial charge in [0.15, 0.2) is 8.32 Å². The number of hydrogen-bond donors (Lipinski definition) is 0. The van der Waals surface area contributed by atoms with Crippen LogP contribution >= 0.6 is 22.6 Å². The summed E-state index contributed by atoms with van der Waals surface area (Å²) in [4.78, 5) is 0.193. The van der Waals surface area contributed by atoms with E-state index in [2.05, 4.69) is 56.5 Å². The quantitative estimate of drug-likeness (QED) is 0.159. The molecule has 0 bridgehead atoms. The Labute approximate surface area is 227 Å². The van der Waals surface area contributed by atoms with Crippen LogP contribution in [0.1, 0.15) is 76.5 Å². The van der Waals surface area contributed by atoms with E-state index in [1.54, 1.807) is 12.1 Å². The van der Waals surface area contributed by atoms with Crippen LogP contribution in [0.25, 0.3) is 0 Å². The molecule has 1 fully saturated rings. The maximum absolute atomic E-state index is 13.4. The number of halogens is 1. The van der Waals surface area contributed by atoms with E-state index in [0.29, 0.717) is 12.3 Å². The summed E-state index contributed by atoms with van der Waals surface area (Å²) in [5.74, 6) is 0.424. The molecule has 2 unspecified atom stereocenters. The van der Waals surface area contributed by atoms with Crippen molar-refractivity contribution in [1.82, 2.24) is 0 Å². The lowest BCUT2D eigenvalue weighted by molar-refractivity contribution is 0.0482. The minimum atomic E-state index is -3.94. The molecular formula is C28H41IO4SSi. The lowest BCUT2D eigenvalue weighted by Gasteiger charge is -2.43. The summed E-state index contributed by atoms with van der Waals surface area (Å²) < 4.78 is 40.9. The summed E-state index contributed by atoms with van der Waals surface area (Å²) in [6.07, 6.45) is 5.82. The van der Waals surface area contributed by atoms with Crippen LogP contribution in [0, 0.1) is 16.4 Å². The maximum atomic E-state index is 13.4. The molecule has 3 rings (SSSR count). The summed E-state index contributed by atoms with van der Waals surface area (Å²) in [5, 5.41) is 0.0748. The average Bonchev–Trinajstić information content (AvgIpc) is 2.78. The molecule has 0 radical (unpaired) electrons. The monoisotopic (exact) mass is 628 g/mol. The van der Waals surface area contributed by atoms with Crippen molar-refractivity contribution < 1.29 is 17.0 Å². The molecule has 1 aliphatic carbocycles. The lowest BCUT2D eigenvalue weighted by atomic mass is 9.83. The third-order valence-electron chi connectivity index (χ3n) is 7.68. The van der Waals surface area contributed by atoms with Gasteiger partial charge in [-0.05, 0) is 90.2 Å². The van der Waals surface area contributed by atoms with E-state index in [1.807, 2.05) is 43.3 Å². The number of benzene rings is 2. The molecule has 1 aliphatic rings. The third kappa shape index (κ3) is 7.63. The first-order valence-electron chi connectivity index (χ1n) is 12.7. The zero-order valence-corrected chi connectivity index (χ0v) is 26.0. The standard InChI is InChI=1S/C28H41IO4SSi/c1-21-16-18-23(19-17-21)34(30,31)32-27(24-14-10-11-15-25(24)29)20-26(22-12-8-7-9-13-22)33-35(5,6)28(2,3)4/h10-11,14-19,22,26-27H,7-9,12-13,20H2,1-6H3. The van der Waals surface area contributed by atoms with Gasteiger partial charge in [0.2, 0.25) is 0 Å². The molecule has 0 spiro atoms. The average molecular weight is 629 g/mol. The van der Waals surface area contributed by atoms with Crippen molar-refractivity contribution in [2.45, 2.75) is 101 Å². The molecular weight excluding hydrogens is 587 g/mol. The number of rotatable bonds is 9. The van der Waals surface area contributed by atoms with E-state index in [-0.39, 0.29) is 16.0 Å². The van der Waals surface area contributed by atoms with Crippen molar-refractivity contribution in [2.24, 2.45) is 5.92 Å². The van der Waals surface area contributed by atoms with Gasteiger partial charge >= 0.3 is 0 Å². The lowest BCUT2D eigenvalue weighted by Crippen LogP contribution is -2.46. The SMILES string of the molecule is Cc1ccc(S(=O)(=O)OC(CC(O[Si](C)(C)C(C)(C)C)C2CCCCC2)c2ccccc2I)cc1. The van der Waals surface area contributed by atoms with Crippen LogP contribution in [0.2, 0.25) is 18.1 Å². The van der Waals surface area contributed by atoms with E-state index in [9.17, 15) is 8.42 Å². The Bertz CT molecular complexity index is 1070. The highest BCUT2D eigenvalue weighted by atomic mass is 127. The molecule has 0 heterocycles. The van der Waals surface area contributed by atoms with Crippen LogP contribution in [0.3, 0.4) is 0 Å². The molecule has 0 saturated heterocycles. The summed E-state index contributed by atoms with van der Waals surface area (Å²) in [6, 6.07) is 14.8. The van der Waals surface area contributed by atoms with Gasteiger partial charge in [-0.1, -0.05) is 75.9 Å². The molecule has 0 amide bonds. The van der Waals surface area contributed by atoms with Crippen molar-refractivity contribution in [2.75, 3.05) is 0 Å². The molecule has 35 heavy (non-hydrogen) atoms. The van der Waals surface area contributed by atoms with Crippen LogP contribution in [0.15, 0.2) is 53.4 Å². The second kappa shape index (κ2) is 11.8. The van der Waals surface area contributed by atoms with E-state index in [0.717, 1.165) is 27.5 Å². The number of aryl methyl sites for hydroxylation is 1. The fraction of sp³-hybridized carbons (Fsp3) is 0.571. The summed E-state index contributed by atoms with van der Waals surface area (Å²) in [6.45, 7) is 13.3. The van der Waals surface area contributed by atoms with Crippen molar-refractivity contribution in [3.05, 3.63) is 63.2 Å². The summed E-state index contributed by atoms with van der Waals surface area (Å²) in [7, 11) is -6.01. The van der Waals surface area contributed by atoms with E-state index >= 15 is 0 Å². The predicted molar refractivity (Wildman–Crippen MR) is 155 cm³/mol. The largest absolute Gasteiger partial charge is 0.414 e. The number of hydrogen-bond acceptors (Lipinski definition) is 4. The molecule has 2 aromatic carbocycles. The Kier molecular flexibility index (Phi) is 9.68. The smallest absolute Gasteiger partial charge is 0.297 e. The van der Waals surface area contributed by atoms with Crippen LogP contribution in [-0.4, -0.2) is 22.8 Å². The van der Waals surface area contributed by atoms with Gasteiger partial charge in [-0.3, -0.25) is 4.18 Å². The molecule has 0 aliphatic heterocycles. The molecule has 4 nitrogen and oxygen atoms in total. The minimum Gasteiger partial charge on any atom is -0.414 e. The minimum absolute atomic E-state index is 0.0367. The first-order valence-corrected chi connectivity index (χ1v) is 18.1. The van der Waals surface area contributed by atoms with E-state index in [4.69, 9.17) is 8.61 Å². The fourth-order valence-electron chi connectivity index (χ4n) is 4.48. The Morgan fingerprint density at radius 2 is 1.60 bits per heavy atom. The highest BCUT2D eigenvalue weighted by molar-refractivity contribution is 14.1. The molecule has 2 atom stereocenters. The van der Waals surface area contributed by atoms with Crippen LogP contribution in [0.5, 0.6) is 0 Å². The molecule has 2 aromatic rings. The normalized spacial score (nSPS) is 17.8. The van der Waals surface area contributed by atoms with Crippen LogP contribution in [-0.2, 0) is 18.7 Å². The second-order valence-corrected chi connectivity index (χ2v) is 18.9. The fourth-order valence-corrected chi connectivity index (χ4v) is 7.68. The van der Waals surface area contributed by atoms with E-state index < -0.39 is 24.5 Å². The van der Waals surface area contributed by atoms with Crippen molar-refractivity contribution >= 4 is 41.0 Å². The predicted octanol–water partition coefficient (Wildman–Crippen LogP) is 8.41.